The van der Waals surface area contributed by atoms with E-state index < -0.39 is 15.6 Å². The molecule has 21 heavy (non-hydrogen) atoms. The molecule has 0 unspecified atom stereocenters. The summed E-state index contributed by atoms with van der Waals surface area (Å²) in [6.07, 6.45) is 0.978. The largest absolute Gasteiger partial charge is 0.490 e. The first-order chi connectivity index (χ1) is 9.82. The molecule has 1 aromatic carbocycles. The Balaban J connectivity index is 2.45. The summed E-state index contributed by atoms with van der Waals surface area (Å²) in [7, 11) is -3.49. The predicted octanol–water partition coefficient (Wildman–Crippen LogP) is 1.12. The minimum absolute atomic E-state index is 0.000223. The number of anilines is 1. The zero-order chi connectivity index (χ0) is 15.9. The summed E-state index contributed by atoms with van der Waals surface area (Å²) in [5, 5.41) is 10.1. The van der Waals surface area contributed by atoms with Gasteiger partial charge in [0.1, 0.15) is 12.4 Å². The van der Waals surface area contributed by atoms with Crippen molar-refractivity contribution in [1.82, 2.24) is 4.72 Å². The number of nitrogens with two attached hydrogens (primary N) is 1. The molecule has 0 aromatic heterocycles. The Bertz CT molecular complexity index is 542. The molecule has 120 valence electrons. The molecule has 0 spiro atoms. The zero-order valence-corrected chi connectivity index (χ0v) is 13.3. The normalized spacial score (nSPS) is 12.3. The summed E-state index contributed by atoms with van der Waals surface area (Å²) in [6, 6.07) is 6.91. The average Bonchev–Trinajstić information content (AvgIpc) is 2.47. The van der Waals surface area contributed by atoms with E-state index in [1.165, 1.54) is 0 Å². The van der Waals surface area contributed by atoms with Crippen LogP contribution in [0.3, 0.4) is 0 Å². The third kappa shape index (κ3) is 5.91. The van der Waals surface area contributed by atoms with Crippen LogP contribution >= 0.6 is 0 Å². The van der Waals surface area contributed by atoms with Crippen molar-refractivity contribution in [2.45, 2.75) is 32.3 Å². The van der Waals surface area contributed by atoms with Crippen molar-refractivity contribution in [3.05, 3.63) is 24.3 Å². The van der Waals surface area contributed by atoms with Gasteiger partial charge in [0.25, 0.3) is 0 Å². The van der Waals surface area contributed by atoms with Crippen molar-refractivity contribution in [2.24, 2.45) is 0 Å². The second-order valence-corrected chi connectivity index (χ2v) is 6.88. The van der Waals surface area contributed by atoms with Crippen molar-refractivity contribution in [3.8, 4) is 5.75 Å². The maximum atomic E-state index is 11.9. The van der Waals surface area contributed by atoms with Crippen LogP contribution in [-0.2, 0) is 10.0 Å². The van der Waals surface area contributed by atoms with Gasteiger partial charge in [0.2, 0.25) is 10.0 Å². The molecule has 7 heteroatoms. The predicted molar refractivity (Wildman–Crippen MR) is 83.7 cm³/mol. The molecule has 1 aromatic rings. The highest BCUT2D eigenvalue weighted by atomic mass is 32.2. The molecule has 0 saturated carbocycles. The van der Waals surface area contributed by atoms with Crippen LogP contribution in [0.5, 0.6) is 5.75 Å². The molecule has 0 radical (unpaired) electrons. The summed E-state index contributed by atoms with van der Waals surface area (Å²) in [4.78, 5) is 0. The number of ether oxygens (including phenoxy) is 1. The topological polar surface area (TPSA) is 102 Å². The lowest BCUT2D eigenvalue weighted by Crippen LogP contribution is -2.43. The smallest absolute Gasteiger partial charge is 0.215 e. The van der Waals surface area contributed by atoms with Crippen molar-refractivity contribution in [2.75, 3.05) is 24.6 Å². The van der Waals surface area contributed by atoms with E-state index in [1.807, 2.05) is 13.8 Å². The highest BCUT2D eigenvalue weighted by Gasteiger charge is 2.24. The molecule has 4 N–H and O–H groups in total. The van der Waals surface area contributed by atoms with Crippen molar-refractivity contribution >= 4 is 15.7 Å². The number of hydrogen-bond acceptors (Lipinski definition) is 5. The van der Waals surface area contributed by atoms with Gasteiger partial charge < -0.3 is 15.6 Å². The Morgan fingerprint density at radius 3 is 2.48 bits per heavy atom. The number of nitrogen functional groups attached to an aromatic ring is 1. The highest BCUT2D eigenvalue weighted by Crippen LogP contribution is 2.19. The first-order valence-corrected chi connectivity index (χ1v) is 8.64. The first kappa shape index (κ1) is 17.7. The minimum Gasteiger partial charge on any atom is -0.490 e. The molecular formula is C14H24N2O4S. The Morgan fingerprint density at radius 2 is 1.90 bits per heavy atom. The Hall–Kier alpha value is -1.31. The lowest BCUT2D eigenvalue weighted by Gasteiger charge is -2.25. The molecule has 0 heterocycles. The Morgan fingerprint density at radius 1 is 1.29 bits per heavy atom. The van der Waals surface area contributed by atoms with Crippen LogP contribution in [0.4, 0.5) is 5.69 Å². The van der Waals surface area contributed by atoms with Crippen molar-refractivity contribution < 1.29 is 18.3 Å². The molecule has 0 bridgehead atoms. The fourth-order valence-electron chi connectivity index (χ4n) is 1.69. The second kappa shape index (κ2) is 7.63. The molecule has 0 aliphatic carbocycles. The fourth-order valence-corrected chi connectivity index (χ4v) is 2.63. The Kier molecular flexibility index (Phi) is 6.44. The molecule has 0 aliphatic heterocycles. The van der Waals surface area contributed by atoms with E-state index in [0.29, 0.717) is 24.3 Å². The van der Waals surface area contributed by atoms with Gasteiger partial charge in [0.05, 0.1) is 17.0 Å². The lowest BCUT2D eigenvalue weighted by molar-refractivity contribution is 0.0377. The van der Waals surface area contributed by atoms with Gasteiger partial charge in [-0.3, -0.25) is 0 Å². The molecule has 6 nitrogen and oxygen atoms in total. The molecule has 0 amide bonds. The molecule has 1 rings (SSSR count). The summed E-state index contributed by atoms with van der Waals surface area (Å²) < 4.78 is 31.5. The van der Waals surface area contributed by atoms with E-state index in [0.717, 1.165) is 0 Å². The van der Waals surface area contributed by atoms with Crippen LogP contribution in [0.2, 0.25) is 0 Å². The summed E-state index contributed by atoms with van der Waals surface area (Å²) in [6.45, 7) is 3.65. The number of para-hydroxylation sites is 2. The quantitative estimate of drug-likeness (QED) is 0.593. The molecule has 0 fully saturated rings. The van der Waals surface area contributed by atoms with E-state index in [9.17, 15) is 13.5 Å². The van der Waals surface area contributed by atoms with E-state index >= 15 is 0 Å². The zero-order valence-electron chi connectivity index (χ0n) is 12.5. The van der Waals surface area contributed by atoms with Gasteiger partial charge >= 0.3 is 0 Å². The van der Waals surface area contributed by atoms with Crippen molar-refractivity contribution in [3.63, 3.8) is 0 Å². The van der Waals surface area contributed by atoms with Crippen LogP contribution in [0.25, 0.3) is 0 Å². The van der Waals surface area contributed by atoms with E-state index in [4.69, 9.17) is 10.5 Å². The van der Waals surface area contributed by atoms with Crippen LogP contribution in [0, 0.1) is 0 Å². The number of nitrogens with one attached hydrogen (secondary N) is 1. The average molecular weight is 316 g/mol. The number of rotatable bonds is 9. The van der Waals surface area contributed by atoms with Crippen LogP contribution < -0.4 is 15.2 Å². The summed E-state index contributed by atoms with van der Waals surface area (Å²) >= 11 is 0. The van der Waals surface area contributed by atoms with E-state index in [1.54, 1.807) is 24.3 Å². The highest BCUT2D eigenvalue weighted by molar-refractivity contribution is 7.89. The fraction of sp³-hybridized carbons (Fsp3) is 0.571. The molecule has 0 aliphatic rings. The van der Waals surface area contributed by atoms with Gasteiger partial charge in [-0.2, -0.15) is 0 Å². The van der Waals surface area contributed by atoms with E-state index in [2.05, 4.69) is 4.72 Å². The van der Waals surface area contributed by atoms with Crippen LogP contribution in [0.1, 0.15) is 26.7 Å². The molecule has 0 atom stereocenters. The summed E-state index contributed by atoms with van der Waals surface area (Å²) in [5.74, 6) is 0.275. The maximum absolute atomic E-state index is 11.9. The van der Waals surface area contributed by atoms with E-state index in [-0.39, 0.29) is 18.9 Å². The SMILES string of the molecule is CCC(O)(CC)CNS(=O)(=O)CCOc1ccccc1N. The molecular weight excluding hydrogens is 292 g/mol. The van der Waals surface area contributed by atoms with Crippen LogP contribution in [-0.4, -0.2) is 38.0 Å². The second-order valence-electron chi connectivity index (χ2n) is 4.96. The number of sulfonamides is 1. The monoisotopic (exact) mass is 316 g/mol. The number of benzene rings is 1. The third-order valence-corrected chi connectivity index (χ3v) is 4.75. The van der Waals surface area contributed by atoms with Gasteiger partial charge in [0, 0.05) is 6.54 Å². The van der Waals surface area contributed by atoms with Gasteiger partial charge in [-0.25, -0.2) is 13.1 Å². The number of aliphatic hydroxyl groups is 1. The lowest BCUT2D eigenvalue weighted by atomic mass is 9.98. The van der Waals surface area contributed by atoms with Gasteiger partial charge in [-0.1, -0.05) is 26.0 Å². The standard InChI is InChI=1S/C14H24N2O4S/c1-3-14(17,4-2)11-16-21(18,19)10-9-20-13-8-6-5-7-12(13)15/h5-8,16-17H,3-4,9-11,15H2,1-2H3. The van der Waals surface area contributed by atoms with Crippen LogP contribution in [0.15, 0.2) is 24.3 Å². The van der Waals surface area contributed by atoms with Gasteiger partial charge in [-0.15, -0.1) is 0 Å². The van der Waals surface area contributed by atoms with Gasteiger partial charge in [-0.05, 0) is 25.0 Å². The third-order valence-electron chi connectivity index (χ3n) is 3.47. The minimum atomic E-state index is -3.49. The Labute approximate surface area is 126 Å². The number of hydrogen-bond donors (Lipinski definition) is 3. The maximum Gasteiger partial charge on any atom is 0.215 e. The first-order valence-electron chi connectivity index (χ1n) is 6.99. The van der Waals surface area contributed by atoms with Crippen molar-refractivity contribution in [1.29, 1.82) is 0 Å². The van der Waals surface area contributed by atoms with Gasteiger partial charge in [0.15, 0.2) is 0 Å². The summed E-state index contributed by atoms with van der Waals surface area (Å²) in [5.41, 5.74) is 5.16. The molecule has 0 saturated heterocycles.